The van der Waals surface area contributed by atoms with Crippen LogP contribution in [0.25, 0.3) is 0 Å². The summed E-state index contributed by atoms with van der Waals surface area (Å²) in [4.78, 5) is 22.6. The molecule has 0 aliphatic heterocycles. The van der Waals surface area contributed by atoms with E-state index in [2.05, 4.69) is 19.2 Å². The van der Waals surface area contributed by atoms with Crippen LogP contribution in [0.15, 0.2) is 0 Å². The van der Waals surface area contributed by atoms with Gasteiger partial charge in [-0.25, -0.2) is 4.57 Å². The third-order valence-electron chi connectivity index (χ3n) is 9.46. The summed E-state index contributed by atoms with van der Waals surface area (Å²) in [6.45, 7) is 4.22. The second-order valence-electron chi connectivity index (χ2n) is 14.2. The van der Waals surface area contributed by atoms with Gasteiger partial charge in [0, 0.05) is 13.0 Å². The molecule has 1 amide bonds. The molecule has 0 aliphatic rings. The van der Waals surface area contributed by atoms with Crippen molar-refractivity contribution in [3.8, 4) is 0 Å². The van der Waals surface area contributed by atoms with Crippen molar-refractivity contribution < 1.29 is 28.4 Å². The molecule has 0 saturated carbocycles. The van der Waals surface area contributed by atoms with Crippen LogP contribution < -0.4 is 11.1 Å². The lowest BCUT2D eigenvalue weighted by Crippen LogP contribution is -2.46. The average Bonchev–Trinajstić information content (AvgIpc) is 3.07. The number of aliphatic hydroxyl groups excluding tert-OH is 1. The lowest BCUT2D eigenvalue weighted by Gasteiger charge is -2.25. The molecule has 0 radical (unpaired) electrons. The van der Waals surface area contributed by atoms with Gasteiger partial charge in [0.2, 0.25) is 5.91 Å². The molecule has 0 heterocycles. The van der Waals surface area contributed by atoms with Gasteiger partial charge in [-0.2, -0.15) is 0 Å². The molecule has 0 aliphatic carbocycles. The first kappa shape index (κ1) is 47.5. The summed E-state index contributed by atoms with van der Waals surface area (Å²) in [5, 5.41) is 13.8. The van der Waals surface area contributed by atoms with Crippen molar-refractivity contribution in [1.82, 2.24) is 5.32 Å². The molecule has 0 spiro atoms. The van der Waals surface area contributed by atoms with E-state index < -0.39 is 20.0 Å². The molecule has 48 heavy (non-hydrogen) atoms. The fraction of sp³-hybridized carbons (Fsp3) is 0.974. The molecule has 8 nitrogen and oxygen atoms in total. The van der Waals surface area contributed by atoms with E-state index in [-0.39, 0.29) is 25.7 Å². The Hall–Kier alpha value is -0.500. The Bertz CT molecular complexity index is 729. The second-order valence-corrected chi connectivity index (χ2v) is 15.7. The van der Waals surface area contributed by atoms with Crippen molar-refractivity contribution in [2.75, 3.05) is 19.8 Å². The number of unbranched alkanes of at least 4 members (excludes halogenated alkanes) is 27. The van der Waals surface area contributed by atoms with Crippen LogP contribution in [0, 0.1) is 0 Å². The molecule has 0 aromatic heterocycles. The van der Waals surface area contributed by atoms with Crippen molar-refractivity contribution in [2.45, 2.75) is 225 Å². The third kappa shape index (κ3) is 34.0. The highest BCUT2D eigenvalue weighted by atomic mass is 31.2. The molecule has 0 aromatic carbocycles. The van der Waals surface area contributed by atoms with Crippen LogP contribution >= 0.6 is 7.82 Å². The monoisotopic (exact) mass is 705 g/mol. The van der Waals surface area contributed by atoms with Crippen LogP contribution in [0.1, 0.15) is 213 Å². The van der Waals surface area contributed by atoms with E-state index in [0.717, 1.165) is 38.5 Å². The number of phosphoric ester groups is 1. The minimum absolute atomic E-state index is 0.0923. The van der Waals surface area contributed by atoms with Gasteiger partial charge in [-0.1, -0.05) is 194 Å². The fourth-order valence-electron chi connectivity index (χ4n) is 6.31. The van der Waals surface area contributed by atoms with Crippen LogP contribution in [0.4, 0.5) is 0 Å². The second kappa shape index (κ2) is 36.3. The Kier molecular flexibility index (Phi) is 35.9. The predicted octanol–water partition coefficient (Wildman–Crippen LogP) is 11.1. The predicted molar refractivity (Wildman–Crippen MR) is 203 cm³/mol. The number of carbonyl (C=O) groups excluding carboxylic acids is 1. The molecular formula is C39H81N2O6P. The van der Waals surface area contributed by atoms with Gasteiger partial charge in [-0.15, -0.1) is 0 Å². The quantitative estimate of drug-likeness (QED) is 0.0370. The van der Waals surface area contributed by atoms with Crippen LogP contribution in [0.2, 0.25) is 0 Å². The van der Waals surface area contributed by atoms with E-state index in [1.807, 2.05) is 0 Å². The molecule has 5 N–H and O–H groups in total. The fourth-order valence-corrected chi connectivity index (χ4v) is 7.07. The molecule has 1 unspecified atom stereocenters. The summed E-state index contributed by atoms with van der Waals surface area (Å²) >= 11 is 0. The third-order valence-corrected chi connectivity index (χ3v) is 10.4. The first-order chi connectivity index (χ1) is 23.4. The highest BCUT2D eigenvalue weighted by Crippen LogP contribution is 2.43. The first-order valence-corrected chi connectivity index (χ1v) is 22.1. The number of hydrogen-bond donors (Lipinski definition) is 4. The minimum atomic E-state index is -4.30. The van der Waals surface area contributed by atoms with Gasteiger partial charge in [-0.3, -0.25) is 13.8 Å². The summed E-state index contributed by atoms with van der Waals surface area (Å²) in [6.07, 6.45) is 36.7. The maximum atomic E-state index is 12.7. The van der Waals surface area contributed by atoms with E-state index in [0.29, 0.717) is 12.8 Å². The Labute approximate surface area is 297 Å². The zero-order chi connectivity index (χ0) is 35.4. The summed E-state index contributed by atoms with van der Waals surface area (Å²) in [7, 11) is -4.30. The Morgan fingerprint density at radius 2 is 0.958 bits per heavy atom. The summed E-state index contributed by atoms with van der Waals surface area (Å²) in [5.41, 5.74) is 5.37. The molecule has 0 rings (SSSR count). The van der Waals surface area contributed by atoms with E-state index in [1.54, 1.807) is 0 Å². The largest absolute Gasteiger partial charge is 0.472 e. The number of nitrogens with one attached hydrogen (secondary N) is 1. The number of nitrogens with two attached hydrogens (primary N) is 1. The molecule has 0 aromatic rings. The van der Waals surface area contributed by atoms with Gasteiger partial charge in [-0.05, 0) is 12.8 Å². The Balaban J connectivity index is 4.15. The smallest absolute Gasteiger partial charge is 0.391 e. The zero-order valence-corrected chi connectivity index (χ0v) is 32.6. The van der Waals surface area contributed by atoms with E-state index in [1.165, 1.54) is 148 Å². The highest BCUT2D eigenvalue weighted by molar-refractivity contribution is 7.47. The van der Waals surface area contributed by atoms with Crippen LogP contribution in [-0.4, -0.2) is 47.8 Å². The summed E-state index contributed by atoms with van der Waals surface area (Å²) in [6, 6.07) is -0.766. The van der Waals surface area contributed by atoms with Crippen LogP contribution in [0.5, 0.6) is 0 Å². The first-order valence-electron chi connectivity index (χ1n) is 20.7. The maximum absolute atomic E-state index is 12.7. The van der Waals surface area contributed by atoms with E-state index in [4.69, 9.17) is 14.8 Å². The molecule has 3 atom stereocenters. The van der Waals surface area contributed by atoms with Crippen LogP contribution in [0.3, 0.4) is 0 Å². The van der Waals surface area contributed by atoms with Crippen molar-refractivity contribution in [1.29, 1.82) is 0 Å². The van der Waals surface area contributed by atoms with E-state index in [9.17, 15) is 19.4 Å². The van der Waals surface area contributed by atoms with Gasteiger partial charge >= 0.3 is 7.82 Å². The lowest BCUT2D eigenvalue weighted by molar-refractivity contribution is -0.123. The normalized spacial score (nSPS) is 14.2. The summed E-state index contributed by atoms with van der Waals surface area (Å²) < 4.78 is 22.1. The SMILES string of the molecule is CCCCCCCCCCCCCCCCCCC[C@@H](O)[C@H](COP(=O)(O)OCCN)NC(=O)CCCCCCCCCCCCCC. The van der Waals surface area contributed by atoms with Crippen molar-refractivity contribution in [3.63, 3.8) is 0 Å². The number of carbonyl (C=O) groups is 1. The Morgan fingerprint density at radius 3 is 1.33 bits per heavy atom. The van der Waals surface area contributed by atoms with Gasteiger partial charge in [0.05, 0.1) is 25.4 Å². The number of amides is 1. The molecule has 0 fully saturated rings. The standard InChI is InChI=1S/C39H81N2O6P/c1-3-5-7-9-11-13-15-17-18-19-20-21-22-24-26-28-30-32-38(42)37(36-47-48(44,45)46-35-34-40)41-39(43)33-31-29-27-25-23-16-14-12-10-8-6-4-2/h37-38,42H,3-36,40H2,1-2H3,(H,41,43)(H,44,45)/t37-,38+/m0/s1. The van der Waals surface area contributed by atoms with Gasteiger partial charge < -0.3 is 21.1 Å². The topological polar surface area (TPSA) is 131 Å². The van der Waals surface area contributed by atoms with Crippen molar-refractivity contribution in [3.05, 3.63) is 0 Å². The number of rotatable bonds is 39. The average molecular weight is 705 g/mol. The highest BCUT2D eigenvalue weighted by Gasteiger charge is 2.27. The molecule has 0 bridgehead atoms. The van der Waals surface area contributed by atoms with Crippen LogP contribution in [-0.2, 0) is 18.4 Å². The molecule has 9 heteroatoms. The van der Waals surface area contributed by atoms with Gasteiger partial charge in [0.15, 0.2) is 0 Å². The minimum Gasteiger partial charge on any atom is -0.391 e. The number of phosphoric acid groups is 1. The van der Waals surface area contributed by atoms with Crippen molar-refractivity contribution in [2.24, 2.45) is 5.73 Å². The van der Waals surface area contributed by atoms with Crippen molar-refractivity contribution >= 4 is 13.7 Å². The van der Waals surface area contributed by atoms with Gasteiger partial charge in [0.25, 0.3) is 0 Å². The summed E-state index contributed by atoms with van der Waals surface area (Å²) in [5.74, 6) is -0.159. The maximum Gasteiger partial charge on any atom is 0.472 e. The molecule has 288 valence electrons. The van der Waals surface area contributed by atoms with Gasteiger partial charge in [0.1, 0.15) is 0 Å². The lowest BCUT2D eigenvalue weighted by atomic mass is 10.0. The zero-order valence-electron chi connectivity index (χ0n) is 31.7. The Morgan fingerprint density at radius 1 is 0.604 bits per heavy atom. The van der Waals surface area contributed by atoms with E-state index >= 15 is 0 Å². The molecular weight excluding hydrogens is 623 g/mol. The number of aliphatic hydroxyl groups is 1. The molecule has 0 saturated heterocycles. The number of hydrogen-bond acceptors (Lipinski definition) is 6.